The van der Waals surface area contributed by atoms with Crippen LogP contribution in [0.15, 0.2) is 18.2 Å². The molecule has 0 aliphatic heterocycles. The smallest absolute Gasteiger partial charge is 0.251 e. The predicted octanol–water partition coefficient (Wildman–Crippen LogP) is 1.67. The van der Waals surface area contributed by atoms with Gasteiger partial charge in [0, 0.05) is 29.4 Å². The number of halogens is 1. The molecule has 0 aliphatic rings. The van der Waals surface area contributed by atoms with E-state index in [9.17, 15) is 4.79 Å². The predicted molar refractivity (Wildman–Crippen MR) is 69.1 cm³/mol. The molecule has 0 saturated heterocycles. The number of aliphatic hydroxyl groups excluding tert-OH is 1. The highest BCUT2D eigenvalue weighted by Gasteiger charge is 2.09. The Kier molecular flexibility index (Phi) is 5.25. The number of carbonyl (C=O) groups excluding carboxylic acids is 1. The highest BCUT2D eigenvalue weighted by Crippen LogP contribution is 2.16. The normalized spacial score (nSPS) is 12.2. The summed E-state index contributed by atoms with van der Waals surface area (Å²) in [5.41, 5.74) is 6.52. The second kappa shape index (κ2) is 6.47. The van der Waals surface area contributed by atoms with E-state index in [-0.39, 0.29) is 18.4 Å². The third-order valence-corrected chi connectivity index (χ3v) is 2.63. The van der Waals surface area contributed by atoms with Gasteiger partial charge in [0.05, 0.1) is 0 Å². The van der Waals surface area contributed by atoms with Crippen LogP contribution in [0.25, 0.3) is 0 Å². The molecule has 1 unspecified atom stereocenters. The molecule has 0 aliphatic carbocycles. The van der Waals surface area contributed by atoms with Gasteiger partial charge >= 0.3 is 0 Å². The zero-order chi connectivity index (χ0) is 12.8. The Bertz CT molecular complexity index is 376. The second-order valence-electron chi connectivity index (χ2n) is 4.10. The molecule has 0 spiro atoms. The highest BCUT2D eigenvalue weighted by molar-refractivity contribution is 6.31. The lowest BCUT2D eigenvalue weighted by Gasteiger charge is -2.11. The monoisotopic (exact) mass is 256 g/mol. The first-order valence-corrected chi connectivity index (χ1v) is 5.86. The van der Waals surface area contributed by atoms with Crippen LogP contribution in [0.5, 0.6) is 0 Å². The summed E-state index contributed by atoms with van der Waals surface area (Å²) in [6.45, 7) is 2.61. The quantitative estimate of drug-likeness (QED) is 0.702. The van der Waals surface area contributed by atoms with E-state index in [1.165, 1.54) is 0 Å². The molecule has 0 radical (unpaired) electrons. The van der Waals surface area contributed by atoms with Crippen molar-refractivity contribution in [2.24, 2.45) is 5.92 Å². The molecule has 0 saturated carbocycles. The maximum absolute atomic E-state index is 11.8. The molecule has 0 bridgehead atoms. The first-order chi connectivity index (χ1) is 8.02. The average molecular weight is 257 g/mol. The molecule has 0 aromatic heterocycles. The number of hydrogen-bond donors (Lipinski definition) is 3. The van der Waals surface area contributed by atoms with Gasteiger partial charge in [-0.3, -0.25) is 4.79 Å². The summed E-state index contributed by atoms with van der Waals surface area (Å²) in [7, 11) is 0. The average Bonchev–Trinajstić information content (AvgIpc) is 2.25. The molecule has 0 fully saturated rings. The van der Waals surface area contributed by atoms with Gasteiger partial charge in [-0.25, -0.2) is 0 Å². The SMILES string of the molecule is CC(CCO)CNC(=O)c1cc(N)cc(Cl)c1. The van der Waals surface area contributed by atoms with Crippen LogP contribution in [-0.4, -0.2) is 24.2 Å². The maximum atomic E-state index is 11.8. The van der Waals surface area contributed by atoms with Gasteiger partial charge in [-0.1, -0.05) is 18.5 Å². The maximum Gasteiger partial charge on any atom is 0.251 e. The summed E-state index contributed by atoms with van der Waals surface area (Å²) in [5, 5.41) is 12.0. The fraction of sp³-hybridized carbons (Fsp3) is 0.417. The fourth-order valence-corrected chi connectivity index (χ4v) is 1.68. The van der Waals surface area contributed by atoms with Crippen molar-refractivity contribution in [2.75, 3.05) is 18.9 Å². The number of anilines is 1. The van der Waals surface area contributed by atoms with Gasteiger partial charge in [0.1, 0.15) is 0 Å². The molecule has 4 nitrogen and oxygen atoms in total. The fourth-order valence-electron chi connectivity index (χ4n) is 1.43. The number of nitrogens with two attached hydrogens (primary N) is 1. The van der Waals surface area contributed by atoms with Gasteiger partial charge in [-0.2, -0.15) is 0 Å². The zero-order valence-corrected chi connectivity index (χ0v) is 10.5. The number of nitrogens with one attached hydrogen (secondary N) is 1. The van der Waals surface area contributed by atoms with Gasteiger partial charge in [0.25, 0.3) is 5.91 Å². The zero-order valence-electron chi connectivity index (χ0n) is 9.74. The van der Waals surface area contributed by atoms with Crippen LogP contribution >= 0.6 is 11.6 Å². The molecule has 0 heterocycles. The number of carbonyl (C=O) groups is 1. The van der Waals surface area contributed by atoms with Gasteiger partial charge in [0.2, 0.25) is 0 Å². The number of aliphatic hydroxyl groups is 1. The van der Waals surface area contributed by atoms with E-state index in [2.05, 4.69) is 5.32 Å². The number of benzene rings is 1. The summed E-state index contributed by atoms with van der Waals surface area (Å²) in [5.74, 6) is 0.0319. The van der Waals surface area contributed by atoms with Crippen molar-refractivity contribution in [1.29, 1.82) is 0 Å². The number of hydrogen-bond acceptors (Lipinski definition) is 3. The minimum atomic E-state index is -0.205. The third-order valence-electron chi connectivity index (χ3n) is 2.42. The minimum Gasteiger partial charge on any atom is -0.399 e. The van der Waals surface area contributed by atoms with Gasteiger partial charge < -0.3 is 16.2 Å². The van der Waals surface area contributed by atoms with E-state index in [0.29, 0.717) is 29.2 Å². The standard InChI is InChI=1S/C12H17ClN2O2/c1-8(2-3-16)7-15-12(17)9-4-10(13)6-11(14)5-9/h4-6,8,16H,2-3,7,14H2,1H3,(H,15,17). The molecule has 5 heteroatoms. The molecule has 1 amide bonds. The van der Waals surface area contributed by atoms with Crippen molar-refractivity contribution in [3.05, 3.63) is 28.8 Å². The van der Waals surface area contributed by atoms with Crippen LogP contribution in [0.3, 0.4) is 0 Å². The van der Waals surface area contributed by atoms with E-state index >= 15 is 0 Å². The molecular weight excluding hydrogens is 240 g/mol. The Balaban J connectivity index is 2.58. The van der Waals surface area contributed by atoms with Crippen molar-refractivity contribution in [3.8, 4) is 0 Å². The molecule has 1 aromatic carbocycles. The first kappa shape index (κ1) is 13.8. The van der Waals surface area contributed by atoms with Crippen LogP contribution in [0.4, 0.5) is 5.69 Å². The van der Waals surface area contributed by atoms with Crippen LogP contribution in [0.2, 0.25) is 5.02 Å². The van der Waals surface area contributed by atoms with Crippen molar-refractivity contribution < 1.29 is 9.90 Å². The lowest BCUT2D eigenvalue weighted by Crippen LogP contribution is -2.28. The topological polar surface area (TPSA) is 75.3 Å². The van der Waals surface area contributed by atoms with E-state index < -0.39 is 0 Å². The van der Waals surface area contributed by atoms with E-state index in [1.54, 1.807) is 18.2 Å². The molecular formula is C12H17ClN2O2. The number of amides is 1. The highest BCUT2D eigenvalue weighted by atomic mass is 35.5. The van der Waals surface area contributed by atoms with Crippen LogP contribution in [0.1, 0.15) is 23.7 Å². The Labute approximate surface area is 106 Å². The van der Waals surface area contributed by atoms with Crippen molar-refractivity contribution in [2.45, 2.75) is 13.3 Å². The first-order valence-electron chi connectivity index (χ1n) is 5.48. The molecule has 4 N–H and O–H groups in total. The molecule has 1 rings (SSSR count). The molecule has 17 heavy (non-hydrogen) atoms. The van der Waals surface area contributed by atoms with Gasteiger partial charge in [-0.15, -0.1) is 0 Å². The molecule has 1 atom stereocenters. The lowest BCUT2D eigenvalue weighted by molar-refractivity contribution is 0.0945. The van der Waals surface area contributed by atoms with E-state index in [0.717, 1.165) is 0 Å². The van der Waals surface area contributed by atoms with E-state index in [1.807, 2.05) is 6.92 Å². The molecule has 94 valence electrons. The minimum absolute atomic E-state index is 0.126. The summed E-state index contributed by atoms with van der Waals surface area (Å²) in [4.78, 5) is 11.8. The van der Waals surface area contributed by atoms with Crippen LogP contribution < -0.4 is 11.1 Å². The lowest BCUT2D eigenvalue weighted by atomic mass is 10.1. The Morgan fingerprint density at radius 1 is 1.53 bits per heavy atom. The van der Waals surface area contributed by atoms with Crippen LogP contribution in [0, 0.1) is 5.92 Å². The summed E-state index contributed by atoms with van der Waals surface area (Å²) in [6.07, 6.45) is 0.665. The van der Waals surface area contributed by atoms with Crippen molar-refractivity contribution >= 4 is 23.2 Å². The van der Waals surface area contributed by atoms with Crippen LogP contribution in [-0.2, 0) is 0 Å². The second-order valence-corrected chi connectivity index (χ2v) is 4.54. The Morgan fingerprint density at radius 2 is 2.24 bits per heavy atom. The van der Waals surface area contributed by atoms with Crippen molar-refractivity contribution in [1.82, 2.24) is 5.32 Å². The van der Waals surface area contributed by atoms with Gasteiger partial charge in [-0.05, 0) is 30.5 Å². The summed E-state index contributed by atoms with van der Waals surface area (Å²) >= 11 is 5.81. The molecule has 1 aromatic rings. The summed E-state index contributed by atoms with van der Waals surface area (Å²) in [6, 6.07) is 4.74. The van der Waals surface area contributed by atoms with Crippen molar-refractivity contribution in [3.63, 3.8) is 0 Å². The third kappa shape index (κ3) is 4.63. The number of nitrogen functional groups attached to an aromatic ring is 1. The Hall–Kier alpha value is -1.26. The number of rotatable bonds is 5. The van der Waals surface area contributed by atoms with E-state index in [4.69, 9.17) is 22.4 Å². The van der Waals surface area contributed by atoms with Gasteiger partial charge in [0.15, 0.2) is 0 Å². The Morgan fingerprint density at radius 3 is 2.82 bits per heavy atom. The largest absolute Gasteiger partial charge is 0.399 e. The summed E-state index contributed by atoms with van der Waals surface area (Å²) < 4.78 is 0.